The van der Waals surface area contributed by atoms with Gasteiger partial charge in [0.2, 0.25) is 0 Å². The van der Waals surface area contributed by atoms with Crippen LogP contribution < -0.4 is 0 Å². The van der Waals surface area contributed by atoms with E-state index in [4.69, 9.17) is 0 Å². The van der Waals surface area contributed by atoms with Crippen LogP contribution in [0.4, 0.5) is 4.39 Å². The summed E-state index contributed by atoms with van der Waals surface area (Å²) in [5.74, 6) is 1.78. The fraction of sp³-hybridized carbons (Fsp3) is 0.500. The molecule has 0 amide bonds. The van der Waals surface area contributed by atoms with Gasteiger partial charge in [0, 0.05) is 6.42 Å². The Balaban J connectivity index is 2.37. The van der Waals surface area contributed by atoms with Crippen LogP contribution in [0.25, 0.3) is 0 Å². The molecule has 1 nitrogen and oxygen atoms in total. The summed E-state index contributed by atoms with van der Waals surface area (Å²) < 4.78 is 13.2. The van der Waals surface area contributed by atoms with E-state index in [1.54, 1.807) is 30.0 Å². The Bertz CT molecular complexity index is 291. The van der Waals surface area contributed by atoms with Crippen molar-refractivity contribution >= 4 is 11.8 Å². The average molecular weight is 228 g/mol. The van der Waals surface area contributed by atoms with Crippen molar-refractivity contribution in [3.8, 4) is 0 Å². The SMILES string of the molecule is CCSCCC(O)Cc1ccccc1F. The van der Waals surface area contributed by atoms with E-state index in [0.717, 1.165) is 17.9 Å². The summed E-state index contributed by atoms with van der Waals surface area (Å²) in [5, 5.41) is 9.67. The number of aliphatic hydroxyl groups is 1. The minimum absolute atomic E-state index is 0.223. The van der Waals surface area contributed by atoms with Gasteiger partial charge in [0.1, 0.15) is 5.82 Å². The topological polar surface area (TPSA) is 20.2 Å². The predicted octanol–water partition coefficient (Wildman–Crippen LogP) is 2.87. The lowest BCUT2D eigenvalue weighted by molar-refractivity contribution is 0.171. The van der Waals surface area contributed by atoms with Crippen LogP contribution in [0.3, 0.4) is 0 Å². The van der Waals surface area contributed by atoms with Gasteiger partial charge in [-0.05, 0) is 29.6 Å². The fourth-order valence-corrected chi connectivity index (χ4v) is 2.11. The summed E-state index contributed by atoms with van der Waals surface area (Å²) in [6.45, 7) is 2.09. The lowest BCUT2D eigenvalue weighted by Gasteiger charge is -2.10. The molecule has 0 saturated carbocycles. The Kier molecular flexibility index (Phi) is 5.73. The third kappa shape index (κ3) is 4.67. The summed E-state index contributed by atoms with van der Waals surface area (Å²) >= 11 is 1.80. The number of benzene rings is 1. The van der Waals surface area contributed by atoms with E-state index in [1.165, 1.54) is 6.07 Å². The summed E-state index contributed by atoms with van der Waals surface area (Å²) in [4.78, 5) is 0. The van der Waals surface area contributed by atoms with E-state index < -0.39 is 6.10 Å². The summed E-state index contributed by atoms with van der Waals surface area (Å²) in [6.07, 6.45) is 0.713. The molecule has 0 aliphatic rings. The molecule has 3 heteroatoms. The maximum Gasteiger partial charge on any atom is 0.126 e. The second kappa shape index (κ2) is 6.85. The number of hydrogen-bond donors (Lipinski definition) is 1. The molecule has 1 unspecified atom stereocenters. The molecular weight excluding hydrogens is 211 g/mol. The van der Waals surface area contributed by atoms with Crippen LogP contribution in [0, 0.1) is 5.82 Å². The minimum atomic E-state index is -0.430. The van der Waals surface area contributed by atoms with Crippen LogP contribution in [-0.4, -0.2) is 22.7 Å². The molecule has 0 bridgehead atoms. The highest BCUT2D eigenvalue weighted by atomic mass is 32.2. The Morgan fingerprint density at radius 2 is 2.13 bits per heavy atom. The van der Waals surface area contributed by atoms with Crippen molar-refractivity contribution < 1.29 is 9.50 Å². The van der Waals surface area contributed by atoms with Crippen LogP contribution in [0.5, 0.6) is 0 Å². The zero-order valence-electron chi connectivity index (χ0n) is 8.95. The third-order valence-corrected chi connectivity index (χ3v) is 3.15. The van der Waals surface area contributed by atoms with E-state index >= 15 is 0 Å². The monoisotopic (exact) mass is 228 g/mol. The van der Waals surface area contributed by atoms with Crippen molar-refractivity contribution in [2.24, 2.45) is 0 Å². The van der Waals surface area contributed by atoms with Crippen LogP contribution in [-0.2, 0) is 6.42 Å². The molecule has 0 fully saturated rings. The summed E-state index contributed by atoms with van der Waals surface area (Å²) in [7, 11) is 0. The fourth-order valence-electron chi connectivity index (χ4n) is 1.38. The molecule has 1 rings (SSSR count). The predicted molar refractivity (Wildman–Crippen MR) is 63.7 cm³/mol. The van der Waals surface area contributed by atoms with E-state index in [0.29, 0.717) is 12.0 Å². The second-order valence-corrected chi connectivity index (χ2v) is 4.83. The molecule has 1 aromatic carbocycles. The molecule has 0 spiro atoms. The smallest absolute Gasteiger partial charge is 0.126 e. The van der Waals surface area contributed by atoms with Crippen molar-refractivity contribution in [3.05, 3.63) is 35.6 Å². The molecule has 1 atom stereocenters. The van der Waals surface area contributed by atoms with E-state index in [9.17, 15) is 9.50 Å². The summed E-state index contributed by atoms with van der Waals surface area (Å²) in [5.41, 5.74) is 0.603. The second-order valence-electron chi connectivity index (χ2n) is 3.43. The van der Waals surface area contributed by atoms with E-state index in [-0.39, 0.29) is 5.82 Å². The lowest BCUT2D eigenvalue weighted by Crippen LogP contribution is -2.12. The Morgan fingerprint density at radius 3 is 2.80 bits per heavy atom. The van der Waals surface area contributed by atoms with Crippen molar-refractivity contribution in [3.63, 3.8) is 0 Å². The molecule has 0 aromatic heterocycles. The number of aliphatic hydroxyl groups excluding tert-OH is 1. The zero-order chi connectivity index (χ0) is 11.1. The largest absolute Gasteiger partial charge is 0.393 e. The first kappa shape index (κ1) is 12.5. The quantitative estimate of drug-likeness (QED) is 0.755. The van der Waals surface area contributed by atoms with Gasteiger partial charge in [0.25, 0.3) is 0 Å². The first-order valence-corrected chi connectivity index (χ1v) is 6.38. The zero-order valence-corrected chi connectivity index (χ0v) is 9.77. The van der Waals surface area contributed by atoms with Gasteiger partial charge in [0.05, 0.1) is 6.10 Å². The van der Waals surface area contributed by atoms with Gasteiger partial charge < -0.3 is 5.11 Å². The van der Waals surface area contributed by atoms with Gasteiger partial charge in [-0.2, -0.15) is 11.8 Å². The van der Waals surface area contributed by atoms with E-state index in [1.807, 2.05) is 0 Å². The van der Waals surface area contributed by atoms with Gasteiger partial charge in [0.15, 0.2) is 0 Å². The summed E-state index contributed by atoms with van der Waals surface area (Å²) in [6, 6.07) is 6.62. The number of thioether (sulfide) groups is 1. The van der Waals surface area contributed by atoms with Crippen molar-refractivity contribution in [1.82, 2.24) is 0 Å². The highest BCUT2D eigenvalue weighted by Crippen LogP contribution is 2.12. The molecule has 15 heavy (non-hydrogen) atoms. The van der Waals surface area contributed by atoms with Crippen LogP contribution in [0.1, 0.15) is 18.9 Å². The Hall–Kier alpha value is -0.540. The molecule has 0 aliphatic carbocycles. The Morgan fingerprint density at radius 1 is 1.40 bits per heavy atom. The van der Waals surface area contributed by atoms with Crippen LogP contribution >= 0.6 is 11.8 Å². The van der Waals surface area contributed by atoms with Crippen LogP contribution in [0.15, 0.2) is 24.3 Å². The van der Waals surface area contributed by atoms with Gasteiger partial charge in [-0.25, -0.2) is 4.39 Å². The Labute approximate surface area is 94.7 Å². The first-order valence-electron chi connectivity index (χ1n) is 5.23. The lowest BCUT2D eigenvalue weighted by atomic mass is 10.1. The normalized spacial score (nSPS) is 12.7. The molecule has 84 valence electrons. The maximum absolute atomic E-state index is 13.2. The minimum Gasteiger partial charge on any atom is -0.393 e. The number of rotatable bonds is 6. The molecule has 1 aromatic rings. The van der Waals surface area contributed by atoms with Gasteiger partial charge >= 0.3 is 0 Å². The number of hydrogen-bond acceptors (Lipinski definition) is 2. The van der Waals surface area contributed by atoms with Crippen molar-refractivity contribution in [2.75, 3.05) is 11.5 Å². The van der Waals surface area contributed by atoms with E-state index in [2.05, 4.69) is 6.92 Å². The standard InChI is InChI=1S/C12H17FOS/c1-2-15-8-7-11(14)9-10-5-3-4-6-12(10)13/h3-6,11,14H,2,7-9H2,1H3. The van der Waals surface area contributed by atoms with Crippen LogP contribution in [0.2, 0.25) is 0 Å². The maximum atomic E-state index is 13.2. The van der Waals surface area contributed by atoms with Crippen molar-refractivity contribution in [2.45, 2.75) is 25.9 Å². The molecule has 1 N–H and O–H groups in total. The van der Waals surface area contributed by atoms with Crippen molar-refractivity contribution in [1.29, 1.82) is 0 Å². The highest BCUT2D eigenvalue weighted by Gasteiger charge is 2.08. The van der Waals surface area contributed by atoms with Gasteiger partial charge in [-0.15, -0.1) is 0 Å². The molecule has 0 saturated heterocycles. The van der Waals surface area contributed by atoms with Gasteiger partial charge in [-0.3, -0.25) is 0 Å². The van der Waals surface area contributed by atoms with Gasteiger partial charge in [-0.1, -0.05) is 25.1 Å². The number of halogens is 1. The third-order valence-electron chi connectivity index (χ3n) is 2.21. The first-order chi connectivity index (χ1) is 7.24. The molecular formula is C12H17FOS. The highest BCUT2D eigenvalue weighted by molar-refractivity contribution is 7.99. The average Bonchev–Trinajstić information content (AvgIpc) is 2.22. The molecule has 0 heterocycles. The molecule has 0 radical (unpaired) electrons. The molecule has 0 aliphatic heterocycles.